The maximum Gasteiger partial charge on any atom is 0.254 e. The van der Waals surface area contributed by atoms with Gasteiger partial charge in [0.25, 0.3) is 5.91 Å². The molecule has 3 aromatic carbocycles. The first kappa shape index (κ1) is 23.6. The highest BCUT2D eigenvalue weighted by atomic mass is 16.3. The van der Waals surface area contributed by atoms with Gasteiger partial charge in [-0.3, -0.25) is 14.5 Å². The molecule has 1 atom stereocenters. The molecule has 7 heteroatoms. The Morgan fingerprint density at radius 1 is 0.917 bits per heavy atom. The van der Waals surface area contributed by atoms with Gasteiger partial charge in [-0.15, -0.1) is 0 Å². The van der Waals surface area contributed by atoms with Crippen LogP contribution in [-0.2, 0) is 4.79 Å². The van der Waals surface area contributed by atoms with Crippen LogP contribution in [0.3, 0.4) is 0 Å². The van der Waals surface area contributed by atoms with Gasteiger partial charge >= 0.3 is 0 Å². The van der Waals surface area contributed by atoms with Gasteiger partial charge in [0.05, 0.1) is 6.54 Å². The number of amides is 2. The molecule has 36 heavy (non-hydrogen) atoms. The third-order valence-electron chi connectivity index (χ3n) is 6.82. The van der Waals surface area contributed by atoms with Crippen LogP contribution in [0, 0.1) is 0 Å². The number of carbonyl (C=O) groups is 2. The van der Waals surface area contributed by atoms with Crippen molar-refractivity contribution < 1.29 is 14.7 Å². The van der Waals surface area contributed by atoms with E-state index in [0.29, 0.717) is 44.8 Å². The van der Waals surface area contributed by atoms with Gasteiger partial charge in [-0.25, -0.2) is 0 Å². The van der Waals surface area contributed by atoms with E-state index in [9.17, 15) is 14.7 Å². The molecule has 0 bridgehead atoms. The molecule has 0 radical (unpaired) electrons. The Kier molecular flexibility index (Phi) is 7.00. The lowest BCUT2D eigenvalue weighted by Crippen LogP contribution is -2.51. The van der Waals surface area contributed by atoms with Gasteiger partial charge in [0.2, 0.25) is 5.91 Å². The molecule has 2 heterocycles. The minimum atomic E-state index is -0.0977. The summed E-state index contributed by atoms with van der Waals surface area (Å²) in [6, 6.07) is 24.9. The van der Waals surface area contributed by atoms with E-state index in [1.165, 1.54) is 6.07 Å². The number of nitrogens with zero attached hydrogens (tertiary/aromatic N) is 2. The quantitative estimate of drug-likeness (QED) is 0.376. The molecular formula is C29H30N4O3. The number of benzene rings is 3. The van der Waals surface area contributed by atoms with E-state index in [1.807, 2.05) is 36.5 Å². The van der Waals surface area contributed by atoms with Crippen LogP contribution in [0.5, 0.6) is 5.75 Å². The molecule has 2 amide bonds. The molecule has 1 unspecified atom stereocenters. The molecule has 184 valence electrons. The van der Waals surface area contributed by atoms with Crippen LogP contribution in [-0.4, -0.2) is 71.0 Å². The number of para-hydroxylation sites is 1. The zero-order chi connectivity index (χ0) is 24.9. The van der Waals surface area contributed by atoms with Gasteiger partial charge in [-0.2, -0.15) is 0 Å². The fourth-order valence-corrected chi connectivity index (χ4v) is 4.88. The minimum Gasteiger partial charge on any atom is -0.508 e. The van der Waals surface area contributed by atoms with Crippen molar-refractivity contribution in [1.29, 1.82) is 0 Å². The van der Waals surface area contributed by atoms with Crippen LogP contribution in [0.4, 0.5) is 0 Å². The van der Waals surface area contributed by atoms with Crippen LogP contribution >= 0.6 is 0 Å². The molecule has 1 fully saturated rings. The molecule has 0 saturated carbocycles. The van der Waals surface area contributed by atoms with Crippen molar-refractivity contribution in [3.05, 3.63) is 102 Å². The number of aromatic amines is 1. The van der Waals surface area contributed by atoms with Crippen LogP contribution in [0.25, 0.3) is 10.9 Å². The van der Waals surface area contributed by atoms with Crippen LogP contribution in [0.1, 0.15) is 27.4 Å². The Morgan fingerprint density at radius 2 is 1.67 bits per heavy atom. The van der Waals surface area contributed by atoms with Gasteiger partial charge in [-0.1, -0.05) is 54.6 Å². The second-order valence-corrected chi connectivity index (χ2v) is 9.18. The molecule has 0 spiro atoms. The average molecular weight is 483 g/mol. The zero-order valence-corrected chi connectivity index (χ0v) is 20.1. The third kappa shape index (κ3) is 5.26. The highest BCUT2D eigenvalue weighted by Gasteiger charge is 2.24. The predicted molar refractivity (Wildman–Crippen MR) is 140 cm³/mol. The zero-order valence-electron chi connectivity index (χ0n) is 20.1. The van der Waals surface area contributed by atoms with Crippen molar-refractivity contribution >= 4 is 22.7 Å². The molecule has 0 aliphatic carbocycles. The number of fused-ring (bicyclic) bond motifs is 1. The first-order valence-corrected chi connectivity index (χ1v) is 12.3. The van der Waals surface area contributed by atoms with E-state index < -0.39 is 0 Å². The van der Waals surface area contributed by atoms with Gasteiger partial charge in [-0.05, 0) is 35.4 Å². The summed E-state index contributed by atoms with van der Waals surface area (Å²) >= 11 is 0. The van der Waals surface area contributed by atoms with Crippen LogP contribution in [0.2, 0.25) is 0 Å². The highest BCUT2D eigenvalue weighted by molar-refractivity contribution is 5.94. The molecule has 1 aromatic heterocycles. The third-order valence-corrected chi connectivity index (χ3v) is 6.82. The number of rotatable bonds is 7. The lowest BCUT2D eigenvalue weighted by atomic mass is 9.91. The number of H-pyrrole nitrogens is 1. The number of nitrogens with one attached hydrogen (secondary N) is 2. The summed E-state index contributed by atoms with van der Waals surface area (Å²) < 4.78 is 0. The molecule has 5 rings (SSSR count). The summed E-state index contributed by atoms with van der Waals surface area (Å²) in [5, 5.41) is 14.0. The topological polar surface area (TPSA) is 88.7 Å². The second kappa shape index (κ2) is 10.7. The van der Waals surface area contributed by atoms with E-state index in [2.05, 4.69) is 39.5 Å². The maximum absolute atomic E-state index is 12.9. The van der Waals surface area contributed by atoms with E-state index in [4.69, 9.17) is 0 Å². The monoisotopic (exact) mass is 482 g/mol. The summed E-state index contributed by atoms with van der Waals surface area (Å²) in [5.74, 6) is -0.0105. The number of hydrogen-bond donors (Lipinski definition) is 3. The smallest absolute Gasteiger partial charge is 0.254 e. The number of piperazine rings is 1. The second-order valence-electron chi connectivity index (χ2n) is 9.18. The number of carbonyl (C=O) groups excluding carboxylic acids is 2. The van der Waals surface area contributed by atoms with Crippen molar-refractivity contribution in [2.24, 2.45) is 0 Å². The van der Waals surface area contributed by atoms with Crippen molar-refractivity contribution in [3.8, 4) is 5.75 Å². The predicted octanol–water partition coefficient (Wildman–Crippen LogP) is 3.58. The van der Waals surface area contributed by atoms with Gasteiger partial charge in [0, 0.05) is 61.3 Å². The standard InChI is InChI=1S/C29H30N4O3/c34-23-10-6-9-22(17-23)29(36)33-15-13-32(14-16-33)20-28(35)31-18-25(21-7-2-1-3-8-21)26-19-30-27-12-5-4-11-24(26)27/h1-12,17,19,25,30,34H,13-16,18,20H2,(H,31,35). The van der Waals surface area contributed by atoms with Crippen molar-refractivity contribution in [2.75, 3.05) is 39.3 Å². The normalized spacial score (nSPS) is 15.1. The molecule has 4 aromatic rings. The lowest BCUT2D eigenvalue weighted by Gasteiger charge is -2.34. The molecule has 3 N–H and O–H groups in total. The molecule has 1 aliphatic heterocycles. The number of hydrogen-bond acceptors (Lipinski definition) is 4. The Morgan fingerprint density at radius 3 is 2.44 bits per heavy atom. The van der Waals surface area contributed by atoms with E-state index in [-0.39, 0.29) is 23.5 Å². The first-order valence-electron chi connectivity index (χ1n) is 12.3. The lowest BCUT2D eigenvalue weighted by molar-refractivity contribution is -0.122. The Bertz CT molecular complexity index is 1340. The number of aromatic nitrogens is 1. The highest BCUT2D eigenvalue weighted by Crippen LogP contribution is 2.30. The minimum absolute atomic E-state index is 0.0245. The van der Waals surface area contributed by atoms with E-state index >= 15 is 0 Å². The van der Waals surface area contributed by atoms with Crippen LogP contribution in [0.15, 0.2) is 85.1 Å². The molecule has 1 saturated heterocycles. The average Bonchev–Trinajstić information content (AvgIpc) is 3.33. The largest absolute Gasteiger partial charge is 0.508 e. The van der Waals surface area contributed by atoms with E-state index in [0.717, 1.165) is 22.0 Å². The summed E-state index contributed by atoms with van der Waals surface area (Å²) in [6.45, 7) is 3.14. The Hall–Kier alpha value is -4.10. The van der Waals surface area contributed by atoms with Crippen LogP contribution < -0.4 is 5.32 Å². The van der Waals surface area contributed by atoms with Crippen molar-refractivity contribution in [2.45, 2.75) is 5.92 Å². The number of aromatic hydroxyl groups is 1. The fraction of sp³-hybridized carbons (Fsp3) is 0.241. The van der Waals surface area contributed by atoms with Crippen molar-refractivity contribution in [1.82, 2.24) is 20.1 Å². The fourth-order valence-electron chi connectivity index (χ4n) is 4.88. The molecular weight excluding hydrogens is 452 g/mol. The number of phenols is 1. The van der Waals surface area contributed by atoms with Gasteiger partial charge in [0.1, 0.15) is 5.75 Å². The van der Waals surface area contributed by atoms with E-state index in [1.54, 1.807) is 23.1 Å². The Labute approximate surface area is 210 Å². The summed E-state index contributed by atoms with van der Waals surface area (Å²) in [6.07, 6.45) is 2.04. The summed E-state index contributed by atoms with van der Waals surface area (Å²) in [7, 11) is 0. The summed E-state index contributed by atoms with van der Waals surface area (Å²) in [5.41, 5.74) is 3.88. The summed E-state index contributed by atoms with van der Waals surface area (Å²) in [4.78, 5) is 32.8. The molecule has 1 aliphatic rings. The van der Waals surface area contributed by atoms with Crippen molar-refractivity contribution in [3.63, 3.8) is 0 Å². The first-order chi connectivity index (χ1) is 17.6. The molecule has 7 nitrogen and oxygen atoms in total. The van der Waals surface area contributed by atoms with Gasteiger partial charge in [0.15, 0.2) is 0 Å². The Balaban J connectivity index is 1.19. The number of phenolic OH excluding ortho intramolecular Hbond substituents is 1. The van der Waals surface area contributed by atoms with Gasteiger partial charge < -0.3 is 20.3 Å². The SMILES string of the molecule is O=C(CN1CCN(C(=O)c2cccc(O)c2)CC1)NCC(c1ccccc1)c1c[nH]c2ccccc12. The maximum atomic E-state index is 12.9.